The van der Waals surface area contributed by atoms with Crippen LogP contribution in [0.4, 0.5) is 0 Å². The number of rotatable bonds is 4. The van der Waals surface area contributed by atoms with Gasteiger partial charge in [-0.3, -0.25) is 0 Å². The van der Waals surface area contributed by atoms with Crippen molar-refractivity contribution < 1.29 is 0 Å². The maximum absolute atomic E-state index is 5.15. The molecule has 0 atom stereocenters. The highest BCUT2D eigenvalue weighted by molar-refractivity contribution is 7.25. The summed E-state index contributed by atoms with van der Waals surface area (Å²) >= 11 is 1.86. The predicted molar refractivity (Wildman–Crippen MR) is 209 cm³/mol. The van der Waals surface area contributed by atoms with Crippen LogP contribution in [0.2, 0.25) is 0 Å². The first kappa shape index (κ1) is 27.9. The molecule has 0 amide bonds. The van der Waals surface area contributed by atoms with E-state index in [2.05, 4.69) is 146 Å². The van der Waals surface area contributed by atoms with Crippen molar-refractivity contribution >= 4 is 63.8 Å². The first-order valence-corrected chi connectivity index (χ1v) is 17.4. The summed E-state index contributed by atoms with van der Waals surface area (Å²) in [6.07, 6.45) is 0. The van der Waals surface area contributed by atoms with Crippen LogP contribution in [-0.2, 0) is 0 Å². The third-order valence-corrected chi connectivity index (χ3v) is 10.8. The summed E-state index contributed by atoms with van der Waals surface area (Å²) in [4.78, 5) is 10.2. The van der Waals surface area contributed by atoms with Gasteiger partial charge in [0.1, 0.15) is 0 Å². The Labute approximate surface area is 287 Å². The average molecular weight is 641 g/mol. The highest BCUT2D eigenvalue weighted by Crippen LogP contribution is 2.43. The van der Waals surface area contributed by atoms with E-state index in [-0.39, 0.29) is 0 Å². The second kappa shape index (κ2) is 11.2. The quantitative estimate of drug-likeness (QED) is 0.179. The van der Waals surface area contributed by atoms with Gasteiger partial charge in [-0.1, -0.05) is 140 Å². The van der Waals surface area contributed by atoms with Crippen LogP contribution in [0.1, 0.15) is 0 Å². The lowest BCUT2D eigenvalue weighted by atomic mass is 9.88. The van der Waals surface area contributed by atoms with Crippen molar-refractivity contribution in [2.24, 2.45) is 0 Å². The molecule has 0 N–H and O–H groups in total. The lowest BCUT2D eigenvalue weighted by molar-refractivity contribution is 1.18. The van der Waals surface area contributed by atoms with Crippen molar-refractivity contribution in [1.29, 1.82) is 0 Å². The molecule has 49 heavy (non-hydrogen) atoms. The zero-order valence-electron chi connectivity index (χ0n) is 26.5. The molecule has 0 aliphatic heterocycles. The summed E-state index contributed by atoms with van der Waals surface area (Å²) in [7, 11) is 0. The van der Waals surface area contributed by atoms with Crippen molar-refractivity contribution in [2.45, 2.75) is 0 Å². The molecule has 2 heterocycles. The van der Waals surface area contributed by atoms with Gasteiger partial charge in [-0.2, -0.15) is 0 Å². The fourth-order valence-electron chi connectivity index (χ4n) is 7.37. The van der Waals surface area contributed by atoms with Gasteiger partial charge in [-0.05, 0) is 73.8 Å². The SMILES string of the molecule is c1ccc(-c2cc(-c3ccc4c(c3)c3ccccc3c3cccc(-c5ccc6sc7ccccc7c6c5)c34)nc(-c3ccccc3)n2)cc1. The summed E-state index contributed by atoms with van der Waals surface area (Å²) in [5.41, 5.74) is 7.43. The highest BCUT2D eigenvalue weighted by atomic mass is 32.1. The van der Waals surface area contributed by atoms with Crippen molar-refractivity contribution in [1.82, 2.24) is 9.97 Å². The summed E-state index contributed by atoms with van der Waals surface area (Å²) in [6, 6.07) is 60.9. The molecule has 10 aromatic rings. The Balaban J connectivity index is 1.23. The molecular weight excluding hydrogens is 613 g/mol. The molecule has 228 valence electrons. The zero-order valence-corrected chi connectivity index (χ0v) is 27.3. The standard InChI is InChI=1S/C46H28N2S/c1-3-12-29(13-4-1)41-28-42(48-46(47-41)30-14-5-2-6-15-30)32-22-24-38-39(27-32)35-17-8-7-16-34(35)37-20-11-19-33(45(37)38)31-23-25-44-40(26-31)36-18-9-10-21-43(36)49-44/h1-28H. The number of fused-ring (bicyclic) bond motifs is 9. The topological polar surface area (TPSA) is 25.8 Å². The molecule has 0 aliphatic carbocycles. The summed E-state index contributed by atoms with van der Waals surface area (Å²) in [6.45, 7) is 0. The van der Waals surface area contributed by atoms with E-state index in [4.69, 9.17) is 9.97 Å². The molecule has 0 bridgehead atoms. The minimum absolute atomic E-state index is 0.721. The van der Waals surface area contributed by atoms with Crippen LogP contribution in [0.25, 0.3) is 97.5 Å². The van der Waals surface area contributed by atoms with Crippen LogP contribution in [0.5, 0.6) is 0 Å². The zero-order chi connectivity index (χ0) is 32.3. The summed E-state index contributed by atoms with van der Waals surface area (Å²) in [5, 5.41) is 10.1. The predicted octanol–water partition coefficient (Wildman–Crippen LogP) is 13.0. The Morgan fingerprint density at radius 3 is 1.69 bits per heavy atom. The monoisotopic (exact) mass is 640 g/mol. The van der Waals surface area contributed by atoms with Crippen LogP contribution < -0.4 is 0 Å². The molecule has 3 heteroatoms. The Kier molecular flexibility index (Phi) is 6.39. The van der Waals surface area contributed by atoms with Crippen LogP contribution in [0.15, 0.2) is 170 Å². The van der Waals surface area contributed by atoms with Crippen molar-refractivity contribution in [3.05, 3.63) is 170 Å². The minimum atomic E-state index is 0.721. The molecule has 0 fully saturated rings. The fourth-order valence-corrected chi connectivity index (χ4v) is 8.45. The molecule has 0 aliphatic rings. The molecule has 10 rings (SSSR count). The van der Waals surface area contributed by atoms with Crippen molar-refractivity contribution in [2.75, 3.05) is 0 Å². The molecule has 0 saturated heterocycles. The average Bonchev–Trinajstić information content (AvgIpc) is 3.56. The number of hydrogen-bond acceptors (Lipinski definition) is 3. The van der Waals surface area contributed by atoms with Crippen LogP contribution >= 0.6 is 11.3 Å². The summed E-state index contributed by atoms with van der Waals surface area (Å²) < 4.78 is 2.65. The first-order valence-electron chi connectivity index (χ1n) is 16.6. The van der Waals surface area contributed by atoms with E-state index in [0.29, 0.717) is 0 Å². The van der Waals surface area contributed by atoms with Gasteiger partial charge in [-0.25, -0.2) is 9.97 Å². The lowest BCUT2D eigenvalue weighted by Gasteiger charge is -2.16. The smallest absolute Gasteiger partial charge is 0.160 e. The van der Waals surface area contributed by atoms with E-state index < -0.39 is 0 Å². The van der Waals surface area contributed by atoms with Crippen molar-refractivity contribution in [3.8, 4) is 45.0 Å². The van der Waals surface area contributed by atoms with Gasteiger partial charge < -0.3 is 0 Å². The largest absolute Gasteiger partial charge is 0.228 e. The van der Waals surface area contributed by atoms with Gasteiger partial charge in [0.05, 0.1) is 11.4 Å². The van der Waals surface area contributed by atoms with Gasteiger partial charge >= 0.3 is 0 Å². The molecule has 0 spiro atoms. The third-order valence-electron chi connectivity index (χ3n) is 9.67. The Morgan fingerprint density at radius 1 is 0.327 bits per heavy atom. The van der Waals surface area contributed by atoms with Gasteiger partial charge in [0.2, 0.25) is 0 Å². The first-order chi connectivity index (χ1) is 24.3. The Bertz CT molecular complexity index is 2810. The second-order valence-electron chi connectivity index (χ2n) is 12.5. The van der Waals surface area contributed by atoms with Crippen LogP contribution in [-0.4, -0.2) is 9.97 Å². The highest BCUT2D eigenvalue weighted by Gasteiger charge is 2.16. The summed E-state index contributed by atoms with van der Waals surface area (Å²) in [5.74, 6) is 0.721. The van der Waals surface area contributed by atoms with Crippen molar-refractivity contribution in [3.63, 3.8) is 0 Å². The van der Waals surface area contributed by atoms with Gasteiger partial charge in [-0.15, -0.1) is 11.3 Å². The maximum Gasteiger partial charge on any atom is 0.160 e. The van der Waals surface area contributed by atoms with E-state index in [1.807, 2.05) is 35.6 Å². The van der Waals surface area contributed by atoms with Gasteiger partial charge in [0.15, 0.2) is 5.82 Å². The van der Waals surface area contributed by atoms with E-state index in [1.54, 1.807) is 0 Å². The maximum atomic E-state index is 5.15. The number of nitrogens with zero attached hydrogens (tertiary/aromatic N) is 2. The number of thiophene rings is 1. The van der Waals surface area contributed by atoms with Gasteiger partial charge in [0, 0.05) is 36.9 Å². The van der Waals surface area contributed by atoms with E-state index >= 15 is 0 Å². The molecule has 0 saturated carbocycles. The second-order valence-corrected chi connectivity index (χ2v) is 13.6. The molecule has 2 nitrogen and oxygen atoms in total. The van der Waals surface area contributed by atoms with Crippen LogP contribution in [0.3, 0.4) is 0 Å². The minimum Gasteiger partial charge on any atom is -0.228 e. The van der Waals surface area contributed by atoms with Gasteiger partial charge in [0.25, 0.3) is 0 Å². The Morgan fingerprint density at radius 2 is 0.898 bits per heavy atom. The van der Waals surface area contributed by atoms with Crippen LogP contribution in [0, 0.1) is 0 Å². The fraction of sp³-hybridized carbons (Fsp3) is 0. The number of hydrogen-bond donors (Lipinski definition) is 0. The van der Waals surface area contributed by atoms with E-state index in [9.17, 15) is 0 Å². The number of benzene rings is 8. The molecule has 8 aromatic carbocycles. The molecule has 0 radical (unpaired) electrons. The Hall–Kier alpha value is -6.16. The number of aromatic nitrogens is 2. The third kappa shape index (κ3) is 4.62. The normalized spacial score (nSPS) is 11.7. The van der Waals surface area contributed by atoms with E-state index in [0.717, 1.165) is 33.9 Å². The molecular formula is C46H28N2S. The lowest BCUT2D eigenvalue weighted by Crippen LogP contribution is -1.96. The molecule has 0 unspecified atom stereocenters. The molecule has 2 aromatic heterocycles. The van der Waals surface area contributed by atoms with E-state index in [1.165, 1.54) is 63.6 Å².